The van der Waals surface area contributed by atoms with Gasteiger partial charge in [-0.3, -0.25) is 0 Å². The molecule has 1 aliphatic rings. The van der Waals surface area contributed by atoms with Crippen LogP contribution in [0.15, 0.2) is 46.2 Å². The maximum atomic E-state index is 12.8. The van der Waals surface area contributed by atoms with Gasteiger partial charge in [0, 0.05) is 25.0 Å². The van der Waals surface area contributed by atoms with E-state index in [4.69, 9.17) is 0 Å². The second kappa shape index (κ2) is 4.59. The highest BCUT2D eigenvalue weighted by molar-refractivity contribution is 7.89. The van der Waals surface area contributed by atoms with Gasteiger partial charge in [-0.15, -0.1) is 0 Å². The van der Waals surface area contributed by atoms with Gasteiger partial charge >= 0.3 is 5.69 Å². The molecule has 3 aromatic rings. The van der Waals surface area contributed by atoms with Gasteiger partial charge in [-0.1, -0.05) is 0 Å². The van der Waals surface area contributed by atoms with Gasteiger partial charge in [-0.05, 0) is 30.3 Å². The van der Waals surface area contributed by atoms with Crippen LogP contribution in [-0.4, -0.2) is 33.8 Å². The van der Waals surface area contributed by atoms with Gasteiger partial charge < -0.3 is 14.5 Å². The Kier molecular flexibility index (Phi) is 2.78. The lowest BCUT2D eigenvalue weighted by Crippen LogP contribution is -2.37. The van der Waals surface area contributed by atoms with Crippen LogP contribution >= 0.6 is 0 Å². The van der Waals surface area contributed by atoms with Crippen LogP contribution < -0.4 is 5.69 Å². The van der Waals surface area contributed by atoms with Crippen molar-refractivity contribution in [2.75, 3.05) is 6.54 Å². The molecule has 7 nitrogen and oxygen atoms in total. The number of benzene rings is 1. The molecule has 1 aromatic carbocycles. The molecule has 0 radical (unpaired) electrons. The smallest absolute Gasteiger partial charge is 0.323 e. The summed E-state index contributed by atoms with van der Waals surface area (Å²) < 4.78 is 29.1. The third-order valence-electron chi connectivity index (χ3n) is 3.98. The van der Waals surface area contributed by atoms with Gasteiger partial charge in [-0.2, -0.15) is 4.31 Å². The Morgan fingerprint density at radius 2 is 1.86 bits per heavy atom. The van der Waals surface area contributed by atoms with Crippen LogP contribution in [0, 0.1) is 0 Å². The van der Waals surface area contributed by atoms with Gasteiger partial charge in [0.05, 0.1) is 22.5 Å². The first kappa shape index (κ1) is 13.4. The van der Waals surface area contributed by atoms with E-state index in [1.807, 2.05) is 18.3 Å². The van der Waals surface area contributed by atoms with Crippen LogP contribution in [0.1, 0.15) is 5.69 Å². The molecule has 8 heteroatoms. The first-order valence-corrected chi connectivity index (χ1v) is 8.34. The second-order valence-corrected chi connectivity index (χ2v) is 7.26. The summed E-state index contributed by atoms with van der Waals surface area (Å²) >= 11 is 0. The van der Waals surface area contributed by atoms with Gasteiger partial charge in [0.2, 0.25) is 10.0 Å². The van der Waals surface area contributed by atoms with Gasteiger partial charge in [0.1, 0.15) is 0 Å². The summed E-state index contributed by atoms with van der Waals surface area (Å²) in [5, 5.41) is 0. The van der Waals surface area contributed by atoms with E-state index in [1.54, 1.807) is 6.07 Å². The molecule has 4 rings (SSSR count). The molecule has 0 atom stereocenters. The zero-order valence-corrected chi connectivity index (χ0v) is 12.4. The minimum atomic E-state index is -3.58. The maximum absolute atomic E-state index is 12.8. The summed E-state index contributed by atoms with van der Waals surface area (Å²) in [6.07, 6.45) is 1.95. The predicted octanol–water partition coefficient (Wildman–Crippen LogP) is 0.862. The zero-order chi connectivity index (χ0) is 15.3. The average Bonchev–Trinajstić information content (AvgIpc) is 3.09. The maximum Gasteiger partial charge on any atom is 0.323 e. The number of hydrogen-bond donors (Lipinski definition) is 2. The molecule has 0 saturated heterocycles. The Balaban J connectivity index is 1.74. The fourth-order valence-electron chi connectivity index (χ4n) is 2.82. The predicted molar refractivity (Wildman–Crippen MR) is 80.9 cm³/mol. The number of aromatic amines is 2. The van der Waals surface area contributed by atoms with E-state index in [0.29, 0.717) is 30.7 Å². The number of nitrogens with zero attached hydrogens (tertiary/aromatic N) is 2. The zero-order valence-electron chi connectivity index (χ0n) is 11.6. The molecule has 0 saturated carbocycles. The quantitative estimate of drug-likeness (QED) is 0.734. The van der Waals surface area contributed by atoms with Crippen LogP contribution in [0.3, 0.4) is 0 Å². The number of fused-ring (bicyclic) bond motifs is 2. The summed E-state index contributed by atoms with van der Waals surface area (Å²) in [7, 11) is -3.58. The molecule has 114 valence electrons. The lowest BCUT2D eigenvalue weighted by molar-refractivity contribution is 0.341. The SMILES string of the molecule is O=c1[nH]c2ccc(S(=O)(=O)N3CCn4cccc4C3)cc2[nH]1. The van der Waals surface area contributed by atoms with Gasteiger partial charge in [-0.25, -0.2) is 13.2 Å². The Hall–Kier alpha value is -2.32. The van der Waals surface area contributed by atoms with E-state index in [9.17, 15) is 13.2 Å². The molecule has 0 unspecified atom stereocenters. The third kappa shape index (κ3) is 1.99. The monoisotopic (exact) mass is 318 g/mol. The number of H-pyrrole nitrogens is 2. The van der Waals surface area contributed by atoms with Gasteiger partial charge in [0.15, 0.2) is 0 Å². The number of rotatable bonds is 2. The molecule has 0 aliphatic carbocycles. The van der Waals surface area contributed by atoms with Gasteiger partial charge in [0.25, 0.3) is 0 Å². The molecular weight excluding hydrogens is 304 g/mol. The Bertz CT molecular complexity index is 1010. The topological polar surface area (TPSA) is 91.0 Å². The highest BCUT2D eigenvalue weighted by Crippen LogP contribution is 2.23. The number of nitrogens with one attached hydrogen (secondary N) is 2. The first-order chi connectivity index (χ1) is 10.5. The Morgan fingerprint density at radius 3 is 2.73 bits per heavy atom. The van der Waals surface area contributed by atoms with E-state index in [0.717, 1.165) is 5.69 Å². The van der Waals surface area contributed by atoms with Crippen molar-refractivity contribution in [2.24, 2.45) is 0 Å². The number of hydrogen-bond acceptors (Lipinski definition) is 3. The average molecular weight is 318 g/mol. The largest absolute Gasteiger partial charge is 0.349 e. The molecular formula is C14H14N4O3S. The molecule has 0 bridgehead atoms. The highest BCUT2D eigenvalue weighted by Gasteiger charge is 2.28. The summed E-state index contributed by atoms with van der Waals surface area (Å²) in [6, 6.07) is 8.47. The summed E-state index contributed by atoms with van der Waals surface area (Å²) in [5.74, 6) is 0. The van der Waals surface area contributed by atoms with Crippen LogP contribution in [0.25, 0.3) is 11.0 Å². The Labute approximate surface area is 126 Å². The van der Waals surface area contributed by atoms with Crippen LogP contribution in [0.2, 0.25) is 0 Å². The van der Waals surface area contributed by atoms with Crippen molar-refractivity contribution >= 4 is 21.1 Å². The van der Waals surface area contributed by atoms with Crippen molar-refractivity contribution in [2.45, 2.75) is 18.0 Å². The van der Waals surface area contributed by atoms with Crippen LogP contribution in [0.5, 0.6) is 0 Å². The van der Waals surface area contributed by atoms with Crippen molar-refractivity contribution in [1.29, 1.82) is 0 Å². The summed E-state index contributed by atoms with van der Waals surface area (Å²) in [6.45, 7) is 1.44. The molecule has 0 amide bonds. The molecule has 2 N–H and O–H groups in total. The summed E-state index contributed by atoms with van der Waals surface area (Å²) in [4.78, 5) is 16.7. The molecule has 1 aliphatic heterocycles. The lowest BCUT2D eigenvalue weighted by Gasteiger charge is -2.27. The normalized spacial score (nSPS) is 16.0. The van der Waals surface area contributed by atoms with E-state index in [-0.39, 0.29) is 10.6 Å². The molecule has 0 fully saturated rings. The van der Waals surface area contributed by atoms with E-state index in [1.165, 1.54) is 16.4 Å². The van der Waals surface area contributed by atoms with Crippen LogP contribution in [0.4, 0.5) is 0 Å². The van der Waals surface area contributed by atoms with Crippen molar-refractivity contribution in [3.63, 3.8) is 0 Å². The minimum Gasteiger partial charge on any atom is -0.349 e. The fourth-order valence-corrected chi connectivity index (χ4v) is 4.25. The van der Waals surface area contributed by atoms with Crippen molar-refractivity contribution in [3.8, 4) is 0 Å². The molecule has 0 spiro atoms. The Morgan fingerprint density at radius 1 is 1.05 bits per heavy atom. The van der Waals surface area contributed by atoms with E-state index >= 15 is 0 Å². The molecule has 22 heavy (non-hydrogen) atoms. The third-order valence-corrected chi connectivity index (χ3v) is 5.82. The van der Waals surface area contributed by atoms with E-state index in [2.05, 4.69) is 14.5 Å². The van der Waals surface area contributed by atoms with Crippen LogP contribution in [-0.2, 0) is 23.1 Å². The number of aromatic nitrogens is 3. The van der Waals surface area contributed by atoms with Crippen molar-refractivity contribution in [1.82, 2.24) is 18.8 Å². The number of sulfonamides is 1. The minimum absolute atomic E-state index is 0.190. The summed E-state index contributed by atoms with van der Waals surface area (Å²) in [5.41, 5.74) is 1.72. The first-order valence-electron chi connectivity index (χ1n) is 6.90. The molecule has 2 aromatic heterocycles. The highest BCUT2D eigenvalue weighted by atomic mass is 32.2. The van der Waals surface area contributed by atoms with E-state index < -0.39 is 10.0 Å². The number of imidazole rings is 1. The fraction of sp³-hybridized carbons (Fsp3) is 0.214. The van der Waals surface area contributed by atoms with Crippen molar-refractivity contribution in [3.05, 3.63) is 52.7 Å². The standard InChI is InChI=1S/C14H14N4O3S/c19-14-15-12-4-3-11(8-13(12)16-14)22(20,21)18-7-6-17-5-1-2-10(17)9-18/h1-5,8H,6-7,9H2,(H2,15,16,19). The second-order valence-electron chi connectivity index (χ2n) is 5.32. The molecule has 3 heterocycles. The lowest BCUT2D eigenvalue weighted by atomic mass is 10.3. The van der Waals surface area contributed by atoms with Crippen molar-refractivity contribution < 1.29 is 8.42 Å².